The minimum Gasteiger partial charge on any atom is -0.507 e. The van der Waals surface area contributed by atoms with Crippen molar-refractivity contribution in [1.29, 1.82) is 0 Å². The SMILES string of the molecule is Oc1cc(F)ccc1-c1cccc(-c2cccc(-c3ccc(F)cc3O)n2)n1. The highest BCUT2D eigenvalue weighted by Crippen LogP contribution is 2.32. The van der Waals surface area contributed by atoms with Gasteiger partial charge in [-0.05, 0) is 48.5 Å². The largest absolute Gasteiger partial charge is 0.507 e. The van der Waals surface area contributed by atoms with E-state index in [1.54, 1.807) is 36.4 Å². The molecule has 2 N–H and O–H groups in total. The van der Waals surface area contributed by atoms with Crippen molar-refractivity contribution >= 4 is 0 Å². The molecule has 0 aliphatic carbocycles. The molecule has 4 aromatic rings. The molecule has 0 bridgehead atoms. The molecule has 0 fully saturated rings. The molecular weight excluding hydrogens is 362 g/mol. The maximum Gasteiger partial charge on any atom is 0.127 e. The smallest absolute Gasteiger partial charge is 0.127 e. The molecule has 0 atom stereocenters. The second kappa shape index (κ2) is 7.08. The van der Waals surface area contributed by atoms with E-state index in [4.69, 9.17) is 0 Å². The standard InChI is InChI=1S/C22H14F2N2O2/c23-13-7-9-15(21(27)11-13)17-3-1-5-19(25-17)20-6-2-4-18(26-20)16-10-8-14(24)12-22(16)28/h1-12,27-28H. The van der Waals surface area contributed by atoms with E-state index in [1.165, 1.54) is 24.3 Å². The van der Waals surface area contributed by atoms with Gasteiger partial charge >= 0.3 is 0 Å². The van der Waals surface area contributed by atoms with Gasteiger partial charge in [0.2, 0.25) is 0 Å². The second-order valence-corrected chi connectivity index (χ2v) is 6.14. The number of phenols is 2. The first-order chi connectivity index (χ1) is 13.5. The lowest BCUT2D eigenvalue weighted by molar-refractivity contribution is 0.470. The van der Waals surface area contributed by atoms with Gasteiger partial charge in [-0.3, -0.25) is 0 Å². The predicted octanol–water partition coefficient (Wildman–Crippen LogP) is 5.17. The Balaban J connectivity index is 1.76. The number of nitrogens with zero attached hydrogens (tertiary/aromatic N) is 2. The first kappa shape index (κ1) is 17.6. The fourth-order valence-corrected chi connectivity index (χ4v) is 2.90. The molecule has 28 heavy (non-hydrogen) atoms. The summed E-state index contributed by atoms with van der Waals surface area (Å²) in [6.07, 6.45) is 0. The van der Waals surface area contributed by atoms with Gasteiger partial charge in [0.25, 0.3) is 0 Å². The van der Waals surface area contributed by atoms with E-state index in [0.717, 1.165) is 12.1 Å². The summed E-state index contributed by atoms with van der Waals surface area (Å²) in [4.78, 5) is 9.02. The Bertz CT molecular complexity index is 1090. The van der Waals surface area contributed by atoms with Gasteiger partial charge in [-0.25, -0.2) is 18.7 Å². The summed E-state index contributed by atoms with van der Waals surface area (Å²) in [5.74, 6) is -1.48. The summed E-state index contributed by atoms with van der Waals surface area (Å²) in [6, 6.07) is 17.9. The molecule has 4 nitrogen and oxygen atoms in total. The van der Waals surface area contributed by atoms with Crippen molar-refractivity contribution < 1.29 is 19.0 Å². The predicted molar refractivity (Wildman–Crippen MR) is 102 cm³/mol. The molecule has 0 spiro atoms. The number of aromatic hydroxyl groups is 2. The quantitative estimate of drug-likeness (QED) is 0.518. The molecule has 2 aromatic heterocycles. The van der Waals surface area contributed by atoms with Gasteiger partial charge in [0.15, 0.2) is 0 Å². The average molecular weight is 376 g/mol. The van der Waals surface area contributed by atoms with Crippen molar-refractivity contribution in [1.82, 2.24) is 9.97 Å². The van der Waals surface area contributed by atoms with Crippen molar-refractivity contribution in [3.63, 3.8) is 0 Å². The molecule has 2 aromatic carbocycles. The van der Waals surface area contributed by atoms with Crippen LogP contribution < -0.4 is 0 Å². The molecule has 0 aliphatic rings. The van der Waals surface area contributed by atoms with Gasteiger partial charge in [0.1, 0.15) is 23.1 Å². The lowest BCUT2D eigenvalue weighted by Gasteiger charge is -2.09. The van der Waals surface area contributed by atoms with E-state index in [0.29, 0.717) is 33.9 Å². The van der Waals surface area contributed by atoms with Crippen LogP contribution in [-0.4, -0.2) is 20.2 Å². The minimum absolute atomic E-state index is 0.206. The van der Waals surface area contributed by atoms with E-state index in [-0.39, 0.29) is 11.5 Å². The summed E-state index contributed by atoms with van der Waals surface area (Å²) in [7, 11) is 0. The van der Waals surface area contributed by atoms with Gasteiger partial charge in [-0.1, -0.05) is 12.1 Å². The van der Waals surface area contributed by atoms with Crippen LogP contribution in [0, 0.1) is 11.6 Å². The molecule has 138 valence electrons. The molecule has 0 saturated heterocycles. The number of phenolic OH excluding ortho intramolecular Hbond substituents is 2. The number of rotatable bonds is 3. The monoisotopic (exact) mass is 376 g/mol. The number of hydrogen-bond donors (Lipinski definition) is 2. The number of hydrogen-bond acceptors (Lipinski definition) is 4. The maximum atomic E-state index is 13.2. The third kappa shape index (κ3) is 3.40. The fourth-order valence-electron chi connectivity index (χ4n) is 2.90. The zero-order chi connectivity index (χ0) is 19.7. The molecule has 0 amide bonds. The van der Waals surface area contributed by atoms with Crippen LogP contribution in [0.25, 0.3) is 33.9 Å². The van der Waals surface area contributed by atoms with Gasteiger partial charge in [-0.2, -0.15) is 0 Å². The highest BCUT2D eigenvalue weighted by Gasteiger charge is 2.11. The first-order valence-electron chi connectivity index (χ1n) is 8.43. The van der Waals surface area contributed by atoms with E-state index in [1.807, 2.05) is 0 Å². The minimum atomic E-state index is -0.536. The van der Waals surface area contributed by atoms with Crippen molar-refractivity contribution in [2.24, 2.45) is 0 Å². The van der Waals surface area contributed by atoms with Crippen LogP contribution in [-0.2, 0) is 0 Å². The van der Waals surface area contributed by atoms with Crippen LogP contribution in [0.3, 0.4) is 0 Å². The topological polar surface area (TPSA) is 66.2 Å². The van der Waals surface area contributed by atoms with Crippen LogP contribution >= 0.6 is 0 Å². The molecule has 6 heteroatoms. The number of aromatic nitrogens is 2. The van der Waals surface area contributed by atoms with Crippen molar-refractivity contribution in [3.8, 4) is 45.4 Å². The molecule has 0 unspecified atom stereocenters. The molecule has 0 aliphatic heterocycles. The van der Waals surface area contributed by atoms with Crippen LogP contribution in [0.5, 0.6) is 11.5 Å². The van der Waals surface area contributed by atoms with Crippen LogP contribution in [0.4, 0.5) is 8.78 Å². The molecule has 0 radical (unpaired) electrons. The van der Waals surface area contributed by atoms with Crippen molar-refractivity contribution in [2.75, 3.05) is 0 Å². The van der Waals surface area contributed by atoms with E-state index in [9.17, 15) is 19.0 Å². The number of halogens is 2. The second-order valence-electron chi connectivity index (χ2n) is 6.14. The molecular formula is C22H14F2N2O2. The molecule has 2 heterocycles. The Kier molecular flexibility index (Phi) is 4.45. The van der Waals surface area contributed by atoms with Crippen LogP contribution in [0.1, 0.15) is 0 Å². The van der Waals surface area contributed by atoms with E-state index < -0.39 is 11.6 Å². The Morgan fingerprint density at radius 3 is 1.32 bits per heavy atom. The highest BCUT2D eigenvalue weighted by atomic mass is 19.1. The van der Waals surface area contributed by atoms with Gasteiger partial charge in [-0.15, -0.1) is 0 Å². The zero-order valence-corrected chi connectivity index (χ0v) is 14.5. The summed E-state index contributed by atoms with van der Waals surface area (Å²) in [5.41, 5.74) is 2.79. The van der Waals surface area contributed by atoms with Crippen molar-refractivity contribution in [2.45, 2.75) is 0 Å². The number of benzene rings is 2. The van der Waals surface area contributed by atoms with Gasteiger partial charge < -0.3 is 10.2 Å². The Morgan fingerprint density at radius 2 is 0.929 bits per heavy atom. The summed E-state index contributed by atoms with van der Waals surface area (Å²) in [6.45, 7) is 0. The fraction of sp³-hybridized carbons (Fsp3) is 0. The highest BCUT2D eigenvalue weighted by molar-refractivity contribution is 5.72. The molecule has 0 saturated carbocycles. The third-order valence-corrected chi connectivity index (χ3v) is 4.23. The zero-order valence-electron chi connectivity index (χ0n) is 14.5. The Hall–Kier alpha value is -3.80. The summed E-state index contributed by atoms with van der Waals surface area (Å²) in [5, 5.41) is 20.0. The van der Waals surface area contributed by atoms with Crippen LogP contribution in [0.15, 0.2) is 72.8 Å². The average Bonchev–Trinajstić information content (AvgIpc) is 2.68. The lowest BCUT2D eigenvalue weighted by Crippen LogP contribution is -1.93. The van der Waals surface area contributed by atoms with Gasteiger partial charge in [0, 0.05) is 23.3 Å². The Labute approximate surface area is 159 Å². The molecule has 4 rings (SSSR count). The maximum absolute atomic E-state index is 13.2. The third-order valence-electron chi connectivity index (χ3n) is 4.23. The van der Waals surface area contributed by atoms with E-state index >= 15 is 0 Å². The summed E-state index contributed by atoms with van der Waals surface area (Å²) >= 11 is 0. The van der Waals surface area contributed by atoms with Gasteiger partial charge in [0.05, 0.1) is 22.8 Å². The first-order valence-corrected chi connectivity index (χ1v) is 8.43. The number of pyridine rings is 2. The normalized spacial score (nSPS) is 10.8. The van der Waals surface area contributed by atoms with Crippen LogP contribution in [0.2, 0.25) is 0 Å². The van der Waals surface area contributed by atoms with E-state index in [2.05, 4.69) is 9.97 Å². The Morgan fingerprint density at radius 1 is 0.536 bits per heavy atom. The summed E-state index contributed by atoms with van der Waals surface area (Å²) < 4.78 is 26.5. The lowest BCUT2D eigenvalue weighted by atomic mass is 10.1. The van der Waals surface area contributed by atoms with Crippen molar-refractivity contribution in [3.05, 3.63) is 84.4 Å².